The number of hydrogen-bond acceptors (Lipinski definition) is 5. The molecule has 0 bridgehead atoms. The van der Waals surface area contributed by atoms with E-state index in [1.807, 2.05) is 53.2 Å². The number of fused-ring (bicyclic) bond motifs is 1. The molecule has 180 valence electrons. The number of amides is 1. The third kappa shape index (κ3) is 4.77. The third-order valence-electron chi connectivity index (χ3n) is 6.47. The van der Waals surface area contributed by atoms with Gasteiger partial charge in [-0.15, -0.1) is 0 Å². The van der Waals surface area contributed by atoms with Gasteiger partial charge in [0.05, 0.1) is 24.9 Å². The van der Waals surface area contributed by atoms with Gasteiger partial charge in [0, 0.05) is 60.5 Å². The topological polar surface area (TPSA) is 68.1 Å². The quantitative estimate of drug-likeness (QED) is 0.385. The minimum Gasteiger partial charge on any atom is -0.496 e. The summed E-state index contributed by atoms with van der Waals surface area (Å²) in [6, 6.07) is 17.4. The predicted octanol–water partition coefficient (Wildman–Crippen LogP) is 5.53. The van der Waals surface area contributed by atoms with Gasteiger partial charge >= 0.3 is 0 Å². The normalized spacial score (nSPS) is 14.2. The Balaban J connectivity index is 1.31. The van der Waals surface area contributed by atoms with Gasteiger partial charge in [-0.3, -0.25) is 4.79 Å². The van der Waals surface area contributed by atoms with Crippen molar-refractivity contribution in [3.05, 3.63) is 72.0 Å². The maximum absolute atomic E-state index is 12.7. The number of methoxy groups -OCH3 is 2. The zero-order valence-corrected chi connectivity index (χ0v) is 20.5. The van der Waals surface area contributed by atoms with Crippen LogP contribution in [0.1, 0.15) is 12.8 Å². The van der Waals surface area contributed by atoms with Gasteiger partial charge in [0.1, 0.15) is 17.1 Å². The second kappa shape index (κ2) is 9.88. The van der Waals surface area contributed by atoms with E-state index >= 15 is 0 Å². The van der Waals surface area contributed by atoms with Crippen LogP contribution in [0.2, 0.25) is 5.02 Å². The van der Waals surface area contributed by atoms with Crippen LogP contribution in [-0.4, -0.2) is 42.6 Å². The second-order valence-electron chi connectivity index (χ2n) is 8.58. The van der Waals surface area contributed by atoms with Gasteiger partial charge in [-0.1, -0.05) is 29.8 Å². The molecule has 0 spiro atoms. The average Bonchev–Trinajstić information content (AvgIpc) is 3.32. The van der Waals surface area contributed by atoms with Crippen LogP contribution in [0.5, 0.6) is 11.5 Å². The van der Waals surface area contributed by atoms with Crippen molar-refractivity contribution in [3.8, 4) is 22.8 Å². The van der Waals surface area contributed by atoms with E-state index in [0.717, 1.165) is 54.2 Å². The monoisotopic (exact) mass is 490 g/mol. The summed E-state index contributed by atoms with van der Waals surface area (Å²) >= 11 is 6.36. The van der Waals surface area contributed by atoms with Gasteiger partial charge in [0.2, 0.25) is 5.91 Å². The summed E-state index contributed by atoms with van der Waals surface area (Å²) < 4.78 is 12.8. The zero-order valence-electron chi connectivity index (χ0n) is 19.7. The van der Waals surface area contributed by atoms with Gasteiger partial charge in [0.25, 0.3) is 0 Å². The standard InChI is InChI=1S/C27H27ClN4O3/c1-34-24-16-25(35-2)22(28)15-21(24)23-17-32-13-10-20(14-26(32)30-23)31-11-8-18(9-12-31)27(33)29-19-6-4-3-5-7-19/h3-7,10,13-18H,8-9,11-12H2,1-2H3,(H,29,33). The van der Waals surface area contributed by atoms with E-state index in [1.54, 1.807) is 20.3 Å². The molecule has 2 aromatic carbocycles. The molecule has 8 heteroatoms. The highest BCUT2D eigenvalue weighted by Crippen LogP contribution is 2.38. The summed E-state index contributed by atoms with van der Waals surface area (Å²) in [6.45, 7) is 1.64. The number of para-hydroxylation sites is 1. The molecular weight excluding hydrogens is 464 g/mol. The number of rotatable bonds is 6. The summed E-state index contributed by atoms with van der Waals surface area (Å²) in [7, 11) is 3.19. The first-order valence-electron chi connectivity index (χ1n) is 11.6. The first-order chi connectivity index (χ1) is 17.1. The van der Waals surface area contributed by atoms with E-state index in [2.05, 4.69) is 22.3 Å². The number of halogens is 1. The predicted molar refractivity (Wildman–Crippen MR) is 139 cm³/mol. The van der Waals surface area contributed by atoms with Gasteiger partial charge in [-0.2, -0.15) is 0 Å². The van der Waals surface area contributed by atoms with Gasteiger partial charge < -0.3 is 24.1 Å². The van der Waals surface area contributed by atoms with Crippen LogP contribution in [0.4, 0.5) is 11.4 Å². The molecule has 0 atom stereocenters. The van der Waals surface area contributed by atoms with Crippen molar-refractivity contribution >= 4 is 34.5 Å². The molecule has 1 saturated heterocycles. The number of carbonyl (C=O) groups is 1. The smallest absolute Gasteiger partial charge is 0.227 e. The Kier molecular flexibility index (Phi) is 6.51. The molecular formula is C27H27ClN4O3. The molecule has 1 fully saturated rings. The lowest BCUT2D eigenvalue weighted by Crippen LogP contribution is -2.38. The number of piperidine rings is 1. The van der Waals surface area contributed by atoms with Crippen molar-refractivity contribution in [1.82, 2.24) is 9.38 Å². The molecule has 4 aromatic rings. The van der Waals surface area contributed by atoms with Crippen molar-refractivity contribution in [2.24, 2.45) is 5.92 Å². The highest BCUT2D eigenvalue weighted by Gasteiger charge is 2.25. The first kappa shape index (κ1) is 23.1. The van der Waals surface area contributed by atoms with Crippen LogP contribution >= 0.6 is 11.6 Å². The van der Waals surface area contributed by atoms with E-state index in [-0.39, 0.29) is 11.8 Å². The van der Waals surface area contributed by atoms with Gasteiger partial charge in [-0.05, 0) is 37.1 Å². The number of nitrogens with one attached hydrogen (secondary N) is 1. The van der Waals surface area contributed by atoms with E-state index in [0.29, 0.717) is 16.5 Å². The number of benzene rings is 2. The molecule has 0 saturated carbocycles. The molecule has 5 rings (SSSR count). The van der Waals surface area contributed by atoms with E-state index in [1.165, 1.54) is 0 Å². The maximum Gasteiger partial charge on any atom is 0.227 e. The third-order valence-corrected chi connectivity index (χ3v) is 6.76. The summed E-state index contributed by atoms with van der Waals surface area (Å²) in [6.07, 6.45) is 5.59. The van der Waals surface area contributed by atoms with E-state index < -0.39 is 0 Å². The molecule has 0 radical (unpaired) electrons. The molecule has 1 aliphatic heterocycles. The van der Waals surface area contributed by atoms with Crippen LogP contribution < -0.4 is 19.7 Å². The van der Waals surface area contributed by atoms with Crippen LogP contribution in [0, 0.1) is 5.92 Å². The number of aromatic nitrogens is 2. The number of hydrogen-bond donors (Lipinski definition) is 1. The average molecular weight is 491 g/mol. The van der Waals surface area contributed by atoms with Crippen LogP contribution in [0.3, 0.4) is 0 Å². The Labute approximate surface area is 209 Å². The molecule has 3 heterocycles. The van der Waals surface area contributed by atoms with Crippen molar-refractivity contribution in [3.63, 3.8) is 0 Å². The highest BCUT2D eigenvalue weighted by molar-refractivity contribution is 6.32. The molecule has 0 aliphatic carbocycles. The fourth-order valence-electron chi connectivity index (χ4n) is 4.52. The lowest BCUT2D eigenvalue weighted by molar-refractivity contribution is -0.120. The van der Waals surface area contributed by atoms with Crippen molar-refractivity contribution in [1.29, 1.82) is 0 Å². The Morgan fingerprint density at radius 1 is 1.03 bits per heavy atom. The van der Waals surface area contributed by atoms with Crippen molar-refractivity contribution < 1.29 is 14.3 Å². The second-order valence-corrected chi connectivity index (χ2v) is 8.99. The van der Waals surface area contributed by atoms with E-state index in [9.17, 15) is 4.79 Å². The minimum atomic E-state index is 0.0144. The molecule has 35 heavy (non-hydrogen) atoms. The Morgan fingerprint density at radius 3 is 2.49 bits per heavy atom. The number of pyridine rings is 1. The molecule has 2 aromatic heterocycles. The lowest BCUT2D eigenvalue weighted by atomic mass is 9.95. The molecule has 1 aliphatic rings. The summed E-state index contributed by atoms with van der Waals surface area (Å²) in [5.41, 5.74) is 4.33. The van der Waals surface area contributed by atoms with Crippen LogP contribution in [0.15, 0.2) is 67.0 Å². The first-order valence-corrected chi connectivity index (χ1v) is 11.9. The number of carbonyl (C=O) groups excluding carboxylic acids is 1. The summed E-state index contributed by atoms with van der Waals surface area (Å²) in [5.74, 6) is 1.31. The number of ether oxygens (including phenoxy) is 2. The van der Waals surface area contributed by atoms with E-state index in [4.69, 9.17) is 26.1 Å². The Hall–Kier alpha value is -3.71. The fraction of sp³-hybridized carbons (Fsp3) is 0.259. The maximum atomic E-state index is 12.7. The number of anilines is 2. The summed E-state index contributed by atoms with van der Waals surface area (Å²) in [4.78, 5) is 19.8. The number of imidazole rings is 1. The zero-order chi connectivity index (χ0) is 24.4. The Morgan fingerprint density at radius 2 is 1.77 bits per heavy atom. The molecule has 1 amide bonds. The number of nitrogens with zero attached hydrogens (tertiary/aromatic N) is 3. The Bertz CT molecular complexity index is 1350. The summed E-state index contributed by atoms with van der Waals surface area (Å²) in [5, 5.41) is 3.53. The molecule has 0 unspecified atom stereocenters. The molecule has 1 N–H and O–H groups in total. The van der Waals surface area contributed by atoms with Crippen molar-refractivity contribution in [2.45, 2.75) is 12.8 Å². The lowest BCUT2D eigenvalue weighted by Gasteiger charge is -2.33. The molecule has 7 nitrogen and oxygen atoms in total. The van der Waals surface area contributed by atoms with Crippen LogP contribution in [0.25, 0.3) is 16.9 Å². The van der Waals surface area contributed by atoms with Crippen LogP contribution in [-0.2, 0) is 4.79 Å². The largest absolute Gasteiger partial charge is 0.496 e. The highest BCUT2D eigenvalue weighted by atomic mass is 35.5. The fourth-order valence-corrected chi connectivity index (χ4v) is 4.76. The van der Waals surface area contributed by atoms with Gasteiger partial charge in [0.15, 0.2) is 0 Å². The minimum absolute atomic E-state index is 0.0144. The SMILES string of the molecule is COc1cc(OC)c(-c2cn3ccc(N4CCC(C(=O)Nc5ccccc5)CC4)cc3n2)cc1Cl. The van der Waals surface area contributed by atoms with Crippen molar-refractivity contribution in [2.75, 3.05) is 37.5 Å². The van der Waals surface area contributed by atoms with Gasteiger partial charge in [-0.25, -0.2) is 4.98 Å².